The van der Waals surface area contributed by atoms with Crippen molar-refractivity contribution in [3.8, 4) is 23.0 Å². The second-order valence-corrected chi connectivity index (χ2v) is 10.3. The number of hydrogen-bond donors (Lipinski definition) is 2. The molecule has 2 aliphatic heterocycles. The smallest absolute Gasteiger partial charge is 0.143 e. The first-order valence-electron chi connectivity index (χ1n) is 11.7. The van der Waals surface area contributed by atoms with E-state index in [0.29, 0.717) is 17.3 Å². The van der Waals surface area contributed by atoms with Crippen LogP contribution >= 0.6 is 0 Å². The molecule has 5 rings (SSSR count). The molecule has 0 aliphatic carbocycles. The van der Waals surface area contributed by atoms with Crippen molar-refractivity contribution in [2.45, 2.75) is 35.5 Å². The van der Waals surface area contributed by atoms with Crippen molar-refractivity contribution in [2.75, 3.05) is 26.2 Å². The maximum atomic E-state index is 13.6. The number of hydrogen-bond acceptors (Lipinski definition) is 6. The normalized spacial score (nSPS) is 22.5. The number of fused-ring (bicyclic) bond motifs is 1. The van der Waals surface area contributed by atoms with Gasteiger partial charge in [-0.1, -0.05) is 30.7 Å². The van der Waals surface area contributed by atoms with Gasteiger partial charge in [-0.25, -0.2) is 0 Å². The highest BCUT2D eigenvalue weighted by Gasteiger charge is 2.38. The number of likely N-dealkylation sites (tertiary alicyclic amines) is 1. The Morgan fingerprint density at radius 1 is 0.882 bits per heavy atom. The number of phenols is 2. The fourth-order valence-corrected chi connectivity index (χ4v) is 6.30. The summed E-state index contributed by atoms with van der Waals surface area (Å²) in [6.07, 6.45) is 3.36. The first-order chi connectivity index (χ1) is 16.6. The number of benzene rings is 3. The van der Waals surface area contributed by atoms with Gasteiger partial charge in [0.05, 0.1) is 15.7 Å². The van der Waals surface area contributed by atoms with Crippen molar-refractivity contribution >= 4 is 10.8 Å². The molecular formula is C27H29NO5S. The predicted molar refractivity (Wildman–Crippen MR) is 131 cm³/mol. The third-order valence-electron chi connectivity index (χ3n) is 6.46. The zero-order valence-corrected chi connectivity index (χ0v) is 19.7. The molecular weight excluding hydrogens is 450 g/mol. The van der Waals surface area contributed by atoms with Gasteiger partial charge in [0.15, 0.2) is 0 Å². The van der Waals surface area contributed by atoms with Crippen molar-refractivity contribution < 1.29 is 23.9 Å². The SMILES string of the molecule is O=S1c2cc(O)ccc2O[C@@H](c2ccc(OCCN3CCCCC3)cc2)[C@H]1c1ccc(O)cc1. The minimum atomic E-state index is -1.47. The molecule has 0 spiro atoms. The summed E-state index contributed by atoms with van der Waals surface area (Å²) < 4.78 is 25.9. The highest BCUT2D eigenvalue weighted by molar-refractivity contribution is 7.85. The molecule has 6 nitrogen and oxygen atoms in total. The maximum absolute atomic E-state index is 13.6. The fourth-order valence-electron chi connectivity index (χ4n) is 4.63. The van der Waals surface area contributed by atoms with E-state index in [2.05, 4.69) is 4.90 Å². The Morgan fingerprint density at radius 3 is 2.29 bits per heavy atom. The molecule has 34 heavy (non-hydrogen) atoms. The molecule has 178 valence electrons. The Bertz CT molecular complexity index is 1140. The molecule has 1 fully saturated rings. The average molecular weight is 480 g/mol. The van der Waals surface area contributed by atoms with Crippen molar-refractivity contribution in [3.63, 3.8) is 0 Å². The van der Waals surface area contributed by atoms with Gasteiger partial charge in [0, 0.05) is 6.54 Å². The van der Waals surface area contributed by atoms with Gasteiger partial charge in [-0.2, -0.15) is 0 Å². The van der Waals surface area contributed by atoms with Crippen LogP contribution in [0.4, 0.5) is 0 Å². The van der Waals surface area contributed by atoms with E-state index in [0.717, 1.165) is 36.5 Å². The molecule has 7 heteroatoms. The average Bonchev–Trinajstić information content (AvgIpc) is 2.86. The van der Waals surface area contributed by atoms with Crippen molar-refractivity contribution in [2.24, 2.45) is 0 Å². The van der Waals surface area contributed by atoms with Gasteiger partial charge in [0.1, 0.15) is 41.0 Å². The Kier molecular flexibility index (Phi) is 6.74. The molecule has 3 aromatic rings. The quantitative estimate of drug-likeness (QED) is 0.521. The number of nitrogens with zero attached hydrogens (tertiary/aromatic N) is 1. The topological polar surface area (TPSA) is 79.2 Å². The highest BCUT2D eigenvalue weighted by atomic mass is 32.2. The summed E-state index contributed by atoms with van der Waals surface area (Å²) >= 11 is 0. The lowest BCUT2D eigenvalue weighted by molar-refractivity contribution is 0.182. The minimum Gasteiger partial charge on any atom is -0.508 e. The summed E-state index contributed by atoms with van der Waals surface area (Å²) in [6, 6.07) is 19.1. The molecule has 3 atom stereocenters. The molecule has 0 bridgehead atoms. The van der Waals surface area contributed by atoms with Gasteiger partial charge in [0.25, 0.3) is 0 Å². The van der Waals surface area contributed by atoms with Gasteiger partial charge in [-0.05, 0) is 79.5 Å². The van der Waals surface area contributed by atoms with Crippen LogP contribution in [0.2, 0.25) is 0 Å². The molecule has 2 aliphatic rings. The molecule has 2 N–H and O–H groups in total. The van der Waals surface area contributed by atoms with Crippen LogP contribution < -0.4 is 9.47 Å². The molecule has 0 aromatic heterocycles. The number of piperidine rings is 1. The van der Waals surface area contributed by atoms with Crippen molar-refractivity contribution in [1.29, 1.82) is 0 Å². The largest absolute Gasteiger partial charge is 0.508 e. The molecule has 0 saturated carbocycles. The molecule has 0 radical (unpaired) electrons. The summed E-state index contributed by atoms with van der Waals surface area (Å²) in [5, 5.41) is 19.2. The summed E-state index contributed by atoms with van der Waals surface area (Å²) in [7, 11) is -1.47. The lowest BCUT2D eigenvalue weighted by atomic mass is 10.00. The van der Waals surface area contributed by atoms with Gasteiger partial charge < -0.3 is 19.7 Å². The van der Waals surface area contributed by atoms with Crippen molar-refractivity contribution in [3.05, 3.63) is 77.9 Å². The molecule has 1 saturated heterocycles. The van der Waals surface area contributed by atoms with Crippen LogP contribution in [0.1, 0.15) is 41.7 Å². The fraction of sp³-hybridized carbons (Fsp3) is 0.333. The van der Waals surface area contributed by atoms with Crippen LogP contribution in [0, 0.1) is 0 Å². The van der Waals surface area contributed by atoms with Crippen LogP contribution in [-0.2, 0) is 10.8 Å². The number of rotatable bonds is 6. The van der Waals surface area contributed by atoms with E-state index >= 15 is 0 Å². The predicted octanol–water partition coefficient (Wildman–Crippen LogP) is 4.95. The van der Waals surface area contributed by atoms with Crippen LogP contribution in [0.25, 0.3) is 0 Å². The number of aromatic hydroxyl groups is 2. The summed E-state index contributed by atoms with van der Waals surface area (Å²) in [4.78, 5) is 2.91. The lowest BCUT2D eigenvalue weighted by Gasteiger charge is -2.33. The van der Waals surface area contributed by atoms with Crippen LogP contribution in [0.5, 0.6) is 23.0 Å². The first-order valence-corrected chi connectivity index (χ1v) is 12.9. The minimum absolute atomic E-state index is 0.0460. The van der Waals surface area contributed by atoms with Gasteiger partial charge in [0.2, 0.25) is 0 Å². The highest BCUT2D eigenvalue weighted by Crippen LogP contribution is 2.47. The monoisotopic (exact) mass is 479 g/mol. The van der Waals surface area contributed by atoms with Gasteiger partial charge >= 0.3 is 0 Å². The molecule has 0 amide bonds. The number of ether oxygens (including phenoxy) is 2. The third-order valence-corrected chi connectivity index (χ3v) is 8.19. The second-order valence-electron chi connectivity index (χ2n) is 8.80. The van der Waals surface area contributed by atoms with Gasteiger partial charge in [-0.15, -0.1) is 0 Å². The van der Waals surface area contributed by atoms with Crippen LogP contribution in [-0.4, -0.2) is 45.6 Å². The zero-order chi connectivity index (χ0) is 23.5. The van der Waals surface area contributed by atoms with E-state index in [-0.39, 0.29) is 11.5 Å². The Labute approximate surface area is 202 Å². The van der Waals surface area contributed by atoms with E-state index in [1.165, 1.54) is 31.4 Å². The standard InChI is InChI=1S/C27H29NO5S/c29-21-8-4-20(5-9-21)27-26(33-24-13-10-22(30)18-25(24)34(27)31)19-6-11-23(12-7-19)32-17-16-28-14-2-1-3-15-28/h4-13,18,26-27,29-30H,1-3,14-17H2/t26-,27+,34?/m0/s1. The first kappa shape index (κ1) is 22.7. The zero-order valence-electron chi connectivity index (χ0n) is 18.9. The lowest BCUT2D eigenvalue weighted by Crippen LogP contribution is -2.33. The van der Waals surface area contributed by atoms with E-state index in [1.807, 2.05) is 24.3 Å². The van der Waals surface area contributed by atoms with Crippen molar-refractivity contribution in [1.82, 2.24) is 4.90 Å². The Morgan fingerprint density at radius 2 is 1.56 bits per heavy atom. The molecule has 3 aromatic carbocycles. The molecule has 2 heterocycles. The van der Waals surface area contributed by atoms with Crippen LogP contribution in [0.15, 0.2) is 71.6 Å². The van der Waals surface area contributed by atoms with Gasteiger partial charge in [-0.3, -0.25) is 9.11 Å². The van der Waals surface area contributed by atoms with E-state index in [9.17, 15) is 14.4 Å². The van der Waals surface area contributed by atoms with E-state index in [4.69, 9.17) is 9.47 Å². The summed E-state index contributed by atoms with van der Waals surface area (Å²) in [5.41, 5.74) is 1.67. The Hall–Kier alpha value is -3.03. The van der Waals surface area contributed by atoms with E-state index < -0.39 is 22.2 Å². The summed E-state index contributed by atoms with van der Waals surface area (Å²) in [5.74, 6) is 1.48. The third kappa shape index (κ3) is 4.91. The van der Waals surface area contributed by atoms with E-state index in [1.54, 1.807) is 30.3 Å². The maximum Gasteiger partial charge on any atom is 0.143 e. The second kappa shape index (κ2) is 10.1. The number of phenolic OH excluding ortho intramolecular Hbond substituents is 2. The molecule has 1 unspecified atom stereocenters. The summed E-state index contributed by atoms with van der Waals surface area (Å²) in [6.45, 7) is 3.88. The Balaban J connectivity index is 1.37. The van der Waals surface area contributed by atoms with Crippen LogP contribution in [0.3, 0.4) is 0 Å².